The Kier molecular flexibility index (Phi) is 4.73. The summed E-state index contributed by atoms with van der Waals surface area (Å²) in [5.41, 5.74) is 10.4. The van der Waals surface area contributed by atoms with Gasteiger partial charge in [-0.3, -0.25) is 5.43 Å². The topological polar surface area (TPSA) is 72.5 Å². The van der Waals surface area contributed by atoms with Gasteiger partial charge in [0.1, 0.15) is 11.6 Å². The van der Waals surface area contributed by atoms with Gasteiger partial charge in [-0.2, -0.15) is 5.10 Å². The Morgan fingerprint density at radius 1 is 1.55 bits per heavy atom. The molecule has 0 aliphatic heterocycles. The maximum absolute atomic E-state index is 5.53. The van der Waals surface area contributed by atoms with Gasteiger partial charge in [0.25, 0.3) is 0 Å². The Hall–Kier alpha value is -2.34. The van der Waals surface area contributed by atoms with Crippen LogP contribution < -0.4 is 15.9 Å². The third kappa shape index (κ3) is 3.58. The Morgan fingerprint density at radius 3 is 3.05 bits per heavy atom. The predicted octanol–water partition coefficient (Wildman–Crippen LogP) is 2.91. The molecule has 0 unspecified atom stereocenters. The zero-order valence-corrected chi connectivity index (χ0v) is 12.0. The summed E-state index contributed by atoms with van der Waals surface area (Å²) in [7, 11) is 1.66. The number of thiazole rings is 1. The number of rotatable bonds is 6. The minimum absolute atomic E-state index is 0.491. The average molecular weight is 288 g/mol. The van der Waals surface area contributed by atoms with Crippen LogP contribution in [0.5, 0.6) is 5.75 Å². The predicted molar refractivity (Wildman–Crippen MR) is 84.6 cm³/mol. The van der Waals surface area contributed by atoms with E-state index in [1.807, 2.05) is 24.3 Å². The fraction of sp³-hybridized carbons (Fsp3) is 0.143. The van der Waals surface area contributed by atoms with Crippen molar-refractivity contribution in [1.82, 2.24) is 4.98 Å². The van der Waals surface area contributed by atoms with Crippen molar-refractivity contribution in [3.05, 3.63) is 47.4 Å². The molecule has 0 radical (unpaired) electrons. The van der Waals surface area contributed by atoms with Gasteiger partial charge >= 0.3 is 0 Å². The Balaban J connectivity index is 2.08. The van der Waals surface area contributed by atoms with Crippen LogP contribution in [-0.2, 0) is 6.42 Å². The Bertz CT molecular complexity index is 621. The molecule has 0 saturated heterocycles. The molecule has 0 fully saturated rings. The first-order chi connectivity index (χ1) is 9.72. The maximum atomic E-state index is 5.53. The van der Waals surface area contributed by atoms with Gasteiger partial charge in [-0.15, -0.1) is 17.9 Å². The molecule has 0 bridgehead atoms. The first-order valence-corrected chi connectivity index (χ1v) is 6.88. The van der Waals surface area contributed by atoms with Crippen molar-refractivity contribution in [2.45, 2.75) is 6.42 Å². The summed E-state index contributed by atoms with van der Waals surface area (Å²) in [6.07, 6.45) is 4.32. The number of methoxy groups -OCH3 is 1. The number of nitrogens with zero attached hydrogens (tertiary/aromatic N) is 2. The van der Waals surface area contributed by atoms with Crippen LogP contribution in [0.25, 0.3) is 0 Å². The second-order valence-corrected chi connectivity index (χ2v) is 4.87. The molecule has 5 nitrogen and oxygen atoms in total. The second kappa shape index (κ2) is 6.72. The summed E-state index contributed by atoms with van der Waals surface area (Å²) in [6.45, 7) is 3.74. The lowest BCUT2D eigenvalue weighted by Gasteiger charge is -2.07. The van der Waals surface area contributed by atoms with E-state index in [1.54, 1.807) is 18.7 Å². The molecule has 104 valence electrons. The van der Waals surface area contributed by atoms with E-state index in [0.29, 0.717) is 10.9 Å². The number of benzene rings is 1. The van der Waals surface area contributed by atoms with E-state index in [1.165, 1.54) is 11.3 Å². The normalized spacial score (nSPS) is 10.7. The first-order valence-electron chi connectivity index (χ1n) is 6.01. The number of anilines is 2. The molecule has 0 amide bonds. The van der Waals surface area contributed by atoms with Crippen LogP contribution in [-0.4, -0.2) is 18.3 Å². The summed E-state index contributed by atoms with van der Waals surface area (Å²) < 4.78 is 5.30. The number of nitrogens with two attached hydrogens (primary N) is 1. The van der Waals surface area contributed by atoms with Crippen LogP contribution in [0.3, 0.4) is 0 Å². The van der Waals surface area contributed by atoms with Crippen molar-refractivity contribution in [3.8, 4) is 5.75 Å². The van der Waals surface area contributed by atoms with Crippen molar-refractivity contribution in [1.29, 1.82) is 0 Å². The molecule has 1 aromatic heterocycles. The standard InChI is InChI=1S/C14H16N4OS/c1-3-4-11-7-10(5-6-12(11)19-2)8-16-18-14-17-13(15)9-20-14/h3,5-9H,1,4,15H2,2H3,(H,17,18). The second-order valence-electron chi connectivity index (χ2n) is 4.01. The molecular formula is C14H16N4OS. The van der Waals surface area contributed by atoms with Gasteiger partial charge < -0.3 is 10.5 Å². The van der Waals surface area contributed by atoms with Crippen LogP contribution in [0, 0.1) is 0 Å². The summed E-state index contributed by atoms with van der Waals surface area (Å²) in [5, 5.41) is 6.56. The highest BCUT2D eigenvalue weighted by Gasteiger charge is 2.02. The highest BCUT2D eigenvalue weighted by atomic mass is 32.1. The van der Waals surface area contributed by atoms with Crippen molar-refractivity contribution in [2.24, 2.45) is 5.10 Å². The smallest absolute Gasteiger partial charge is 0.205 e. The number of ether oxygens (including phenoxy) is 1. The largest absolute Gasteiger partial charge is 0.496 e. The molecule has 0 aliphatic rings. The molecular weight excluding hydrogens is 272 g/mol. The molecule has 20 heavy (non-hydrogen) atoms. The van der Waals surface area contributed by atoms with Crippen LogP contribution >= 0.6 is 11.3 Å². The molecule has 2 rings (SSSR count). The fourth-order valence-electron chi connectivity index (χ4n) is 1.69. The van der Waals surface area contributed by atoms with Crippen LogP contribution in [0.15, 0.2) is 41.3 Å². The van der Waals surface area contributed by atoms with E-state index in [2.05, 4.69) is 22.1 Å². The molecule has 3 N–H and O–H groups in total. The van der Waals surface area contributed by atoms with Crippen LogP contribution in [0.2, 0.25) is 0 Å². The quantitative estimate of drug-likeness (QED) is 0.487. The zero-order chi connectivity index (χ0) is 14.4. The molecule has 0 spiro atoms. The first kappa shape index (κ1) is 14.1. The Morgan fingerprint density at radius 2 is 2.40 bits per heavy atom. The van der Waals surface area contributed by atoms with Crippen molar-refractivity contribution >= 4 is 28.5 Å². The molecule has 0 atom stereocenters. The average Bonchev–Trinajstić information content (AvgIpc) is 2.85. The number of hydrazone groups is 1. The number of allylic oxidation sites excluding steroid dienone is 1. The van der Waals surface area contributed by atoms with E-state index in [0.717, 1.165) is 23.3 Å². The van der Waals surface area contributed by atoms with Crippen molar-refractivity contribution in [2.75, 3.05) is 18.3 Å². The zero-order valence-electron chi connectivity index (χ0n) is 11.2. The fourth-order valence-corrected chi connectivity index (χ4v) is 2.24. The van der Waals surface area contributed by atoms with Gasteiger partial charge in [0, 0.05) is 5.38 Å². The number of hydrogen-bond donors (Lipinski definition) is 2. The third-order valence-electron chi connectivity index (χ3n) is 2.56. The summed E-state index contributed by atoms with van der Waals surface area (Å²) in [6, 6.07) is 5.87. The molecule has 0 aliphatic carbocycles. The van der Waals surface area contributed by atoms with E-state index in [-0.39, 0.29) is 0 Å². The van der Waals surface area contributed by atoms with Gasteiger partial charge in [-0.1, -0.05) is 6.08 Å². The number of hydrogen-bond acceptors (Lipinski definition) is 6. The van der Waals surface area contributed by atoms with E-state index in [9.17, 15) is 0 Å². The lowest BCUT2D eigenvalue weighted by Crippen LogP contribution is -1.95. The van der Waals surface area contributed by atoms with Gasteiger partial charge in [-0.05, 0) is 35.7 Å². The Labute approximate surface area is 121 Å². The van der Waals surface area contributed by atoms with Crippen LogP contribution in [0.4, 0.5) is 10.9 Å². The highest BCUT2D eigenvalue weighted by Crippen LogP contribution is 2.20. The molecule has 0 saturated carbocycles. The molecule has 2 aromatic rings. The monoisotopic (exact) mass is 288 g/mol. The summed E-state index contributed by atoms with van der Waals surface area (Å²) in [5.74, 6) is 1.34. The summed E-state index contributed by atoms with van der Waals surface area (Å²) in [4.78, 5) is 4.05. The van der Waals surface area contributed by atoms with Gasteiger partial charge in [0.15, 0.2) is 0 Å². The van der Waals surface area contributed by atoms with Crippen molar-refractivity contribution < 1.29 is 4.74 Å². The lowest BCUT2D eigenvalue weighted by molar-refractivity contribution is 0.410. The minimum Gasteiger partial charge on any atom is -0.496 e. The van der Waals surface area contributed by atoms with Crippen molar-refractivity contribution in [3.63, 3.8) is 0 Å². The van der Waals surface area contributed by atoms with E-state index in [4.69, 9.17) is 10.5 Å². The van der Waals surface area contributed by atoms with E-state index >= 15 is 0 Å². The molecule has 1 aromatic carbocycles. The maximum Gasteiger partial charge on any atom is 0.205 e. The SMILES string of the molecule is C=CCc1cc(C=NNc2nc(N)cs2)ccc1OC. The third-order valence-corrected chi connectivity index (χ3v) is 3.33. The number of aromatic nitrogens is 1. The van der Waals surface area contributed by atoms with Gasteiger partial charge in [0.05, 0.1) is 13.3 Å². The lowest BCUT2D eigenvalue weighted by atomic mass is 10.1. The van der Waals surface area contributed by atoms with E-state index < -0.39 is 0 Å². The summed E-state index contributed by atoms with van der Waals surface area (Å²) >= 11 is 1.41. The van der Waals surface area contributed by atoms with Crippen LogP contribution in [0.1, 0.15) is 11.1 Å². The molecule has 6 heteroatoms. The minimum atomic E-state index is 0.491. The highest BCUT2D eigenvalue weighted by molar-refractivity contribution is 7.14. The number of nitrogens with one attached hydrogen (secondary N) is 1. The van der Waals surface area contributed by atoms with Gasteiger partial charge in [-0.25, -0.2) is 4.98 Å². The molecule has 1 heterocycles. The number of nitrogen functional groups attached to an aromatic ring is 1. The van der Waals surface area contributed by atoms with Gasteiger partial charge in [0.2, 0.25) is 5.13 Å².